The molecular weight excluding hydrogens is 286 g/mol. The number of nitrogens with zero attached hydrogens (tertiary/aromatic N) is 1. The zero-order valence-electron chi connectivity index (χ0n) is 12.4. The fraction of sp³-hybridized carbons (Fsp3) is 0.467. The van der Waals surface area contributed by atoms with Gasteiger partial charge in [-0.15, -0.1) is 0 Å². The van der Waals surface area contributed by atoms with Crippen LogP contribution in [-0.2, 0) is 10.0 Å². The van der Waals surface area contributed by atoms with E-state index >= 15 is 0 Å². The molecule has 21 heavy (non-hydrogen) atoms. The summed E-state index contributed by atoms with van der Waals surface area (Å²) in [5.41, 5.74) is 7.14. The van der Waals surface area contributed by atoms with Crippen LogP contribution < -0.4 is 5.73 Å². The first-order valence-corrected chi connectivity index (χ1v) is 8.60. The van der Waals surface area contributed by atoms with E-state index in [1.54, 1.807) is 28.7 Å². The predicted octanol–water partition coefficient (Wildman–Crippen LogP) is 2.56. The molecule has 0 amide bonds. The van der Waals surface area contributed by atoms with Crippen LogP contribution in [0.5, 0.6) is 0 Å². The van der Waals surface area contributed by atoms with Crippen LogP contribution in [0.1, 0.15) is 26.7 Å². The first-order chi connectivity index (χ1) is 9.79. The third-order valence-electron chi connectivity index (χ3n) is 4.15. The summed E-state index contributed by atoms with van der Waals surface area (Å²) in [5, 5.41) is 0.701. The topological polar surface area (TPSA) is 79.2 Å². The van der Waals surface area contributed by atoms with Gasteiger partial charge in [0.25, 0.3) is 0 Å². The van der Waals surface area contributed by atoms with Crippen LogP contribution in [0.2, 0.25) is 0 Å². The van der Waals surface area contributed by atoms with Crippen molar-refractivity contribution in [1.29, 1.82) is 0 Å². The Morgan fingerprint density at radius 3 is 2.81 bits per heavy atom. The van der Waals surface area contributed by atoms with Crippen molar-refractivity contribution in [1.82, 2.24) is 9.29 Å². The average molecular weight is 307 g/mol. The van der Waals surface area contributed by atoms with Gasteiger partial charge in [-0.3, -0.25) is 0 Å². The first-order valence-electron chi connectivity index (χ1n) is 7.16. The van der Waals surface area contributed by atoms with E-state index in [2.05, 4.69) is 18.8 Å². The van der Waals surface area contributed by atoms with Crippen LogP contribution in [0.3, 0.4) is 0 Å². The molecule has 1 saturated heterocycles. The summed E-state index contributed by atoms with van der Waals surface area (Å²) in [6.07, 6.45) is 3.53. The number of aromatic nitrogens is 1. The third-order valence-corrected chi connectivity index (χ3v) is 6.04. The van der Waals surface area contributed by atoms with Gasteiger partial charge in [0.2, 0.25) is 10.0 Å². The molecule has 0 unspecified atom stereocenters. The molecule has 0 saturated carbocycles. The second kappa shape index (κ2) is 4.74. The average Bonchev–Trinajstić information content (AvgIpc) is 2.81. The number of anilines is 1. The van der Waals surface area contributed by atoms with Gasteiger partial charge in [-0.2, -0.15) is 4.31 Å². The van der Waals surface area contributed by atoms with Gasteiger partial charge >= 0.3 is 0 Å². The molecule has 2 heterocycles. The Morgan fingerprint density at radius 2 is 2.10 bits per heavy atom. The van der Waals surface area contributed by atoms with E-state index in [1.807, 2.05) is 0 Å². The quantitative estimate of drug-likeness (QED) is 0.837. The lowest BCUT2D eigenvalue weighted by Crippen LogP contribution is -2.43. The fourth-order valence-corrected chi connectivity index (χ4v) is 4.88. The van der Waals surface area contributed by atoms with Gasteiger partial charge in [-0.05, 0) is 36.5 Å². The van der Waals surface area contributed by atoms with Crippen molar-refractivity contribution in [2.24, 2.45) is 5.41 Å². The van der Waals surface area contributed by atoms with Crippen molar-refractivity contribution in [2.75, 3.05) is 18.8 Å². The standard InChI is InChI=1S/C15H21N3O2S/c1-15(2)6-3-7-18(10-15)21(19,20)14-9-17-13-8-11(16)4-5-12(13)14/h4-5,8-9,17H,3,6-7,10,16H2,1-2H3. The van der Waals surface area contributed by atoms with E-state index in [9.17, 15) is 8.42 Å². The number of benzene rings is 1. The largest absolute Gasteiger partial charge is 0.399 e. The number of hydrogen-bond donors (Lipinski definition) is 2. The predicted molar refractivity (Wildman–Crippen MR) is 84.5 cm³/mol. The van der Waals surface area contributed by atoms with Crippen LogP contribution in [-0.4, -0.2) is 30.8 Å². The Labute approximate surface area is 125 Å². The number of nitrogens with one attached hydrogen (secondary N) is 1. The maximum absolute atomic E-state index is 12.9. The molecule has 0 atom stereocenters. The van der Waals surface area contributed by atoms with E-state index in [4.69, 9.17) is 5.73 Å². The molecule has 1 aliphatic rings. The minimum Gasteiger partial charge on any atom is -0.399 e. The molecule has 114 valence electrons. The Balaban J connectivity index is 2.04. The maximum atomic E-state index is 12.9. The van der Waals surface area contributed by atoms with E-state index < -0.39 is 10.0 Å². The molecule has 0 radical (unpaired) electrons. The van der Waals surface area contributed by atoms with Crippen molar-refractivity contribution in [3.63, 3.8) is 0 Å². The van der Waals surface area contributed by atoms with Gasteiger partial charge in [-0.25, -0.2) is 8.42 Å². The maximum Gasteiger partial charge on any atom is 0.245 e. The smallest absolute Gasteiger partial charge is 0.245 e. The second-order valence-electron chi connectivity index (χ2n) is 6.56. The van der Waals surface area contributed by atoms with Crippen LogP contribution in [0, 0.1) is 5.41 Å². The van der Waals surface area contributed by atoms with Gasteiger partial charge in [-0.1, -0.05) is 13.8 Å². The zero-order chi connectivity index (χ0) is 15.3. The van der Waals surface area contributed by atoms with Crippen molar-refractivity contribution >= 4 is 26.6 Å². The van der Waals surface area contributed by atoms with Crippen LogP contribution in [0.4, 0.5) is 5.69 Å². The molecule has 3 N–H and O–H groups in total. The van der Waals surface area contributed by atoms with Crippen molar-refractivity contribution in [2.45, 2.75) is 31.6 Å². The van der Waals surface area contributed by atoms with Gasteiger partial charge < -0.3 is 10.7 Å². The molecule has 1 aliphatic heterocycles. The highest BCUT2D eigenvalue weighted by molar-refractivity contribution is 7.89. The van der Waals surface area contributed by atoms with Crippen molar-refractivity contribution in [3.05, 3.63) is 24.4 Å². The van der Waals surface area contributed by atoms with Gasteiger partial charge in [0.05, 0.1) is 0 Å². The zero-order valence-corrected chi connectivity index (χ0v) is 13.2. The highest BCUT2D eigenvalue weighted by atomic mass is 32.2. The van der Waals surface area contributed by atoms with E-state index in [1.165, 1.54) is 0 Å². The van der Waals surface area contributed by atoms with E-state index in [0.29, 0.717) is 29.1 Å². The highest BCUT2D eigenvalue weighted by Gasteiger charge is 2.35. The Hall–Kier alpha value is -1.53. The number of rotatable bonds is 2. The van der Waals surface area contributed by atoms with Crippen LogP contribution in [0.25, 0.3) is 10.9 Å². The molecule has 1 fully saturated rings. The van der Waals surface area contributed by atoms with Gasteiger partial charge in [0.1, 0.15) is 4.90 Å². The van der Waals surface area contributed by atoms with Crippen molar-refractivity contribution in [3.8, 4) is 0 Å². The molecule has 6 heteroatoms. The lowest BCUT2D eigenvalue weighted by Gasteiger charge is -2.37. The molecule has 0 spiro atoms. The summed E-state index contributed by atoms with van der Waals surface area (Å²) in [6, 6.07) is 5.26. The number of aromatic amines is 1. The summed E-state index contributed by atoms with van der Waals surface area (Å²) in [7, 11) is -3.47. The van der Waals surface area contributed by atoms with Crippen molar-refractivity contribution < 1.29 is 8.42 Å². The number of fused-ring (bicyclic) bond motifs is 1. The summed E-state index contributed by atoms with van der Waals surface area (Å²) >= 11 is 0. The molecule has 2 aromatic rings. The Kier molecular flexibility index (Phi) is 3.26. The molecular formula is C15H21N3O2S. The number of H-pyrrole nitrogens is 1. The van der Waals surface area contributed by atoms with Gasteiger partial charge in [0.15, 0.2) is 0 Å². The molecule has 1 aromatic heterocycles. The summed E-state index contributed by atoms with van der Waals surface area (Å²) in [5.74, 6) is 0. The van der Waals surface area contributed by atoms with E-state index in [-0.39, 0.29) is 5.41 Å². The third kappa shape index (κ3) is 2.53. The number of nitrogen functional groups attached to an aromatic ring is 1. The summed E-state index contributed by atoms with van der Waals surface area (Å²) in [6.45, 7) is 5.39. The van der Waals surface area contributed by atoms with E-state index in [0.717, 1.165) is 18.4 Å². The molecule has 3 rings (SSSR count). The lowest BCUT2D eigenvalue weighted by atomic mass is 9.85. The Morgan fingerprint density at radius 1 is 1.33 bits per heavy atom. The number of nitrogens with two attached hydrogens (primary N) is 1. The normalized spacial score (nSPS) is 19.9. The molecule has 5 nitrogen and oxygen atoms in total. The molecule has 1 aromatic carbocycles. The first kappa shape index (κ1) is 14.4. The summed E-state index contributed by atoms with van der Waals surface area (Å²) in [4.78, 5) is 3.35. The number of hydrogen-bond acceptors (Lipinski definition) is 3. The number of sulfonamides is 1. The second-order valence-corrected chi connectivity index (χ2v) is 8.47. The van der Waals surface area contributed by atoms with Crippen LogP contribution >= 0.6 is 0 Å². The lowest BCUT2D eigenvalue weighted by molar-refractivity contribution is 0.187. The minimum absolute atomic E-state index is 0.0296. The molecule has 0 bridgehead atoms. The Bertz CT molecular complexity index is 777. The SMILES string of the molecule is CC1(C)CCCN(S(=O)(=O)c2c[nH]c3cc(N)ccc23)C1. The molecule has 0 aliphatic carbocycles. The number of piperidine rings is 1. The minimum atomic E-state index is -3.47. The fourth-order valence-electron chi connectivity index (χ4n) is 3.04. The summed E-state index contributed by atoms with van der Waals surface area (Å²) < 4.78 is 27.4. The van der Waals surface area contributed by atoms with Crippen LogP contribution in [0.15, 0.2) is 29.3 Å². The van der Waals surface area contributed by atoms with Gasteiger partial charge in [0, 0.05) is 35.9 Å². The monoisotopic (exact) mass is 307 g/mol. The highest BCUT2D eigenvalue weighted by Crippen LogP contribution is 2.34.